The number of thiophene rings is 1. The molecule has 3 aromatic rings. The summed E-state index contributed by atoms with van der Waals surface area (Å²) in [4.78, 5) is 13.4. The van der Waals surface area contributed by atoms with E-state index in [9.17, 15) is 17.6 Å². The maximum Gasteiger partial charge on any atom is 0.252 e. The number of hydrogen-bond acceptors (Lipinski definition) is 4. The van der Waals surface area contributed by atoms with Gasteiger partial charge in [0.05, 0.1) is 6.04 Å². The molecule has 5 nitrogen and oxygen atoms in total. The average molecular weight is 447 g/mol. The Morgan fingerprint density at radius 2 is 1.83 bits per heavy atom. The summed E-state index contributed by atoms with van der Waals surface area (Å²) in [6.45, 7) is 2.07. The predicted octanol–water partition coefficient (Wildman–Crippen LogP) is 4.22. The number of nitrogens with zero attached hydrogens (tertiary/aromatic N) is 1. The van der Waals surface area contributed by atoms with Crippen LogP contribution >= 0.6 is 11.3 Å². The van der Waals surface area contributed by atoms with Crippen LogP contribution in [0.5, 0.6) is 0 Å². The highest BCUT2D eigenvalue weighted by Crippen LogP contribution is 2.27. The van der Waals surface area contributed by atoms with Crippen molar-refractivity contribution in [2.45, 2.75) is 24.3 Å². The van der Waals surface area contributed by atoms with Gasteiger partial charge in [-0.2, -0.15) is 0 Å². The molecule has 1 unspecified atom stereocenters. The van der Waals surface area contributed by atoms with E-state index in [0.29, 0.717) is 0 Å². The van der Waals surface area contributed by atoms with E-state index in [-0.39, 0.29) is 5.56 Å². The molecule has 1 amide bonds. The molecular weight excluding hydrogens is 423 g/mol. The van der Waals surface area contributed by atoms with E-state index in [1.165, 1.54) is 37.1 Å². The van der Waals surface area contributed by atoms with Crippen molar-refractivity contribution in [3.63, 3.8) is 0 Å². The highest BCUT2D eigenvalue weighted by Gasteiger charge is 2.25. The van der Waals surface area contributed by atoms with Gasteiger partial charge in [0.2, 0.25) is 10.0 Å². The van der Waals surface area contributed by atoms with Gasteiger partial charge >= 0.3 is 0 Å². The van der Waals surface area contributed by atoms with E-state index in [0.717, 1.165) is 33.3 Å². The molecule has 158 valence electrons. The van der Waals surface area contributed by atoms with Crippen molar-refractivity contribution in [1.29, 1.82) is 0 Å². The van der Waals surface area contributed by atoms with Crippen molar-refractivity contribution >= 4 is 27.3 Å². The van der Waals surface area contributed by atoms with Gasteiger partial charge in [-0.25, -0.2) is 17.1 Å². The Hall–Kier alpha value is -2.55. The number of halogens is 1. The number of sulfonamides is 1. The molecule has 1 atom stereocenters. The molecule has 0 spiro atoms. The standard InChI is InChI=1S/C22H23FN2O3S2/c1-4-15-7-9-16(10-8-15)21(19-6-5-13-29-19)24-22(26)17-11-12-18(23)20(14-17)30(27,28)25(2)3/h5-14,21H,4H2,1-3H3,(H,24,26). The molecule has 1 aromatic heterocycles. The van der Waals surface area contributed by atoms with Crippen molar-refractivity contribution < 1.29 is 17.6 Å². The van der Waals surface area contributed by atoms with Gasteiger partial charge in [-0.15, -0.1) is 11.3 Å². The molecule has 0 aliphatic rings. The van der Waals surface area contributed by atoms with Crippen LogP contribution in [0.4, 0.5) is 4.39 Å². The van der Waals surface area contributed by atoms with Gasteiger partial charge in [-0.05, 0) is 47.2 Å². The third kappa shape index (κ3) is 4.61. The van der Waals surface area contributed by atoms with Crippen LogP contribution in [0.25, 0.3) is 0 Å². The van der Waals surface area contributed by atoms with Crippen molar-refractivity contribution in [1.82, 2.24) is 9.62 Å². The third-order valence-corrected chi connectivity index (χ3v) is 7.54. The van der Waals surface area contributed by atoms with Crippen LogP contribution in [0.15, 0.2) is 64.9 Å². The predicted molar refractivity (Wildman–Crippen MR) is 117 cm³/mol. The summed E-state index contributed by atoms with van der Waals surface area (Å²) in [6, 6.07) is 14.8. The largest absolute Gasteiger partial charge is 0.340 e. The second kappa shape index (κ2) is 9.07. The topological polar surface area (TPSA) is 66.5 Å². The third-order valence-electron chi connectivity index (χ3n) is 4.78. The van der Waals surface area contributed by atoms with Gasteiger partial charge in [-0.3, -0.25) is 4.79 Å². The molecule has 1 N–H and O–H groups in total. The summed E-state index contributed by atoms with van der Waals surface area (Å²) in [5.74, 6) is -1.38. The summed E-state index contributed by atoms with van der Waals surface area (Å²) < 4.78 is 39.8. The fourth-order valence-corrected chi connectivity index (χ4v) is 4.76. The molecule has 2 aromatic carbocycles. The zero-order chi connectivity index (χ0) is 21.9. The zero-order valence-corrected chi connectivity index (χ0v) is 18.6. The van der Waals surface area contributed by atoms with E-state index in [1.807, 2.05) is 41.8 Å². The fraction of sp³-hybridized carbons (Fsp3) is 0.227. The number of benzene rings is 2. The second-order valence-electron chi connectivity index (χ2n) is 6.95. The average Bonchev–Trinajstić information content (AvgIpc) is 3.26. The number of aryl methyl sites for hydroxylation is 1. The van der Waals surface area contributed by atoms with Gasteiger partial charge in [-0.1, -0.05) is 37.3 Å². The van der Waals surface area contributed by atoms with E-state index in [2.05, 4.69) is 12.2 Å². The van der Waals surface area contributed by atoms with Gasteiger partial charge in [0.1, 0.15) is 10.7 Å². The molecule has 3 rings (SSSR count). The molecule has 1 heterocycles. The monoisotopic (exact) mass is 446 g/mol. The van der Waals surface area contributed by atoms with Gasteiger partial charge in [0, 0.05) is 24.5 Å². The van der Waals surface area contributed by atoms with Crippen molar-refractivity contribution in [2.75, 3.05) is 14.1 Å². The highest BCUT2D eigenvalue weighted by atomic mass is 32.2. The Balaban J connectivity index is 1.95. The maximum atomic E-state index is 14.2. The summed E-state index contributed by atoms with van der Waals surface area (Å²) in [5.41, 5.74) is 2.17. The van der Waals surface area contributed by atoms with Gasteiger partial charge in [0.25, 0.3) is 5.91 Å². The van der Waals surface area contributed by atoms with Crippen LogP contribution in [-0.4, -0.2) is 32.7 Å². The Morgan fingerprint density at radius 3 is 2.40 bits per heavy atom. The van der Waals surface area contributed by atoms with E-state index < -0.39 is 32.7 Å². The van der Waals surface area contributed by atoms with Crippen molar-refractivity contribution in [3.05, 3.63) is 87.4 Å². The summed E-state index contributed by atoms with van der Waals surface area (Å²) in [5, 5.41) is 4.88. The summed E-state index contributed by atoms with van der Waals surface area (Å²) in [7, 11) is -1.39. The highest BCUT2D eigenvalue weighted by molar-refractivity contribution is 7.89. The van der Waals surface area contributed by atoms with Crippen molar-refractivity contribution in [3.8, 4) is 0 Å². The van der Waals surface area contributed by atoms with Gasteiger partial charge in [0.15, 0.2) is 0 Å². The van der Waals surface area contributed by atoms with Crippen LogP contribution in [-0.2, 0) is 16.4 Å². The Labute approximate surface area is 180 Å². The first-order chi connectivity index (χ1) is 14.2. The SMILES string of the molecule is CCc1ccc(C(NC(=O)c2ccc(F)c(S(=O)(=O)N(C)C)c2)c2cccs2)cc1. The minimum Gasteiger partial charge on any atom is -0.340 e. The van der Waals surface area contributed by atoms with Crippen LogP contribution in [0.2, 0.25) is 0 Å². The van der Waals surface area contributed by atoms with Crippen LogP contribution in [0, 0.1) is 5.82 Å². The minimum atomic E-state index is -4.01. The molecule has 0 saturated heterocycles. The molecule has 30 heavy (non-hydrogen) atoms. The fourth-order valence-electron chi connectivity index (χ4n) is 2.97. The molecular formula is C22H23FN2O3S2. The normalized spacial score (nSPS) is 12.7. The number of carbonyl (C=O) groups excluding carboxylic acids is 1. The lowest BCUT2D eigenvalue weighted by Gasteiger charge is -2.19. The molecule has 0 saturated carbocycles. The van der Waals surface area contributed by atoms with Gasteiger partial charge < -0.3 is 5.32 Å². The molecule has 0 aliphatic carbocycles. The van der Waals surface area contributed by atoms with Crippen LogP contribution in [0.1, 0.15) is 39.3 Å². The number of amides is 1. The van der Waals surface area contributed by atoms with Crippen molar-refractivity contribution in [2.24, 2.45) is 0 Å². The number of carbonyl (C=O) groups is 1. The summed E-state index contributed by atoms with van der Waals surface area (Å²) in [6.07, 6.45) is 0.912. The smallest absolute Gasteiger partial charge is 0.252 e. The molecule has 0 fully saturated rings. The zero-order valence-electron chi connectivity index (χ0n) is 16.9. The first-order valence-electron chi connectivity index (χ1n) is 9.39. The lowest BCUT2D eigenvalue weighted by Crippen LogP contribution is -2.29. The number of rotatable bonds is 7. The molecule has 8 heteroatoms. The van der Waals surface area contributed by atoms with E-state index in [1.54, 1.807) is 0 Å². The molecule has 0 aliphatic heterocycles. The van der Waals surface area contributed by atoms with Crippen LogP contribution < -0.4 is 5.32 Å². The molecule has 0 bridgehead atoms. The molecule has 0 radical (unpaired) electrons. The lowest BCUT2D eigenvalue weighted by atomic mass is 10.0. The quantitative estimate of drug-likeness (QED) is 0.591. The van der Waals surface area contributed by atoms with E-state index in [4.69, 9.17) is 0 Å². The first kappa shape index (κ1) is 22.1. The second-order valence-corrected chi connectivity index (χ2v) is 10.0. The maximum absolute atomic E-state index is 14.2. The Bertz CT molecular complexity index is 1130. The first-order valence-corrected chi connectivity index (χ1v) is 11.7. The number of hydrogen-bond donors (Lipinski definition) is 1. The minimum absolute atomic E-state index is 0.0727. The van der Waals surface area contributed by atoms with Crippen LogP contribution in [0.3, 0.4) is 0 Å². The summed E-state index contributed by atoms with van der Waals surface area (Å²) >= 11 is 1.51. The Morgan fingerprint density at radius 1 is 1.13 bits per heavy atom. The lowest BCUT2D eigenvalue weighted by molar-refractivity contribution is 0.0943. The number of nitrogens with one attached hydrogen (secondary N) is 1. The van der Waals surface area contributed by atoms with E-state index >= 15 is 0 Å². The Kier molecular flexibility index (Phi) is 6.70.